The SMILES string of the molecule is C=C(C)C(=O)O.C=C(C)C(=O)OCC.C=C(CC=CC#N)C(=O)OCCO.C=CC(=O)OCC. The summed E-state index contributed by atoms with van der Waals surface area (Å²) in [7, 11) is 0. The van der Waals surface area contributed by atoms with Gasteiger partial charge in [-0.15, -0.1) is 0 Å². The van der Waals surface area contributed by atoms with Crippen LogP contribution in [0.4, 0.5) is 0 Å². The summed E-state index contributed by atoms with van der Waals surface area (Å²) in [6, 6.07) is 1.79. The minimum atomic E-state index is -0.935. The smallest absolute Gasteiger partial charge is 0.333 e. The average Bonchev–Trinajstić information content (AvgIpc) is 2.78. The number of carbonyl (C=O) groups is 4. The van der Waals surface area contributed by atoms with E-state index in [4.69, 9.17) is 15.5 Å². The van der Waals surface area contributed by atoms with E-state index in [9.17, 15) is 19.2 Å². The van der Waals surface area contributed by atoms with Gasteiger partial charge >= 0.3 is 23.9 Å². The Kier molecular flexibility index (Phi) is 29.7. The fourth-order valence-electron chi connectivity index (χ4n) is 1.03. The summed E-state index contributed by atoms with van der Waals surface area (Å²) in [4.78, 5) is 41.0. The number of aliphatic hydroxyl groups excluding tert-OH is 1. The highest BCUT2D eigenvalue weighted by atomic mass is 16.5. The predicted octanol–water partition coefficient (Wildman–Crippen LogP) is 3.06. The van der Waals surface area contributed by atoms with Gasteiger partial charge in [-0.05, 0) is 34.1 Å². The van der Waals surface area contributed by atoms with Crippen molar-refractivity contribution in [2.75, 3.05) is 26.4 Å². The van der Waals surface area contributed by atoms with Gasteiger partial charge in [-0.25, -0.2) is 19.2 Å². The van der Waals surface area contributed by atoms with Crippen molar-refractivity contribution in [2.45, 2.75) is 34.1 Å². The van der Waals surface area contributed by atoms with Crippen LogP contribution in [0.1, 0.15) is 34.1 Å². The van der Waals surface area contributed by atoms with Crippen molar-refractivity contribution in [3.63, 3.8) is 0 Å². The number of nitrogens with zero attached hydrogens (tertiary/aromatic N) is 1. The molecule has 0 amide bonds. The van der Waals surface area contributed by atoms with Gasteiger partial charge in [0, 0.05) is 28.9 Å². The minimum Gasteiger partial charge on any atom is -0.478 e. The summed E-state index contributed by atoms with van der Waals surface area (Å²) in [6.45, 7) is 20.4. The van der Waals surface area contributed by atoms with E-state index in [1.165, 1.54) is 19.1 Å². The van der Waals surface area contributed by atoms with E-state index in [0.29, 0.717) is 18.8 Å². The van der Waals surface area contributed by atoms with Crippen LogP contribution in [0.3, 0.4) is 0 Å². The number of aliphatic hydroxyl groups is 1. The van der Waals surface area contributed by atoms with Crippen LogP contribution in [0.15, 0.2) is 61.3 Å². The Morgan fingerprint density at radius 3 is 1.71 bits per heavy atom. The van der Waals surface area contributed by atoms with Gasteiger partial charge in [-0.1, -0.05) is 32.4 Å². The van der Waals surface area contributed by atoms with Gasteiger partial charge in [-0.3, -0.25) is 0 Å². The van der Waals surface area contributed by atoms with Crippen LogP contribution >= 0.6 is 0 Å². The molecule has 190 valence electrons. The molecule has 0 spiro atoms. The molecule has 0 aliphatic heterocycles. The maximum Gasteiger partial charge on any atom is 0.333 e. The first-order chi connectivity index (χ1) is 15.9. The molecule has 0 aromatic rings. The number of ether oxygens (including phenoxy) is 3. The van der Waals surface area contributed by atoms with E-state index in [0.717, 1.165) is 6.08 Å². The molecule has 0 aliphatic rings. The molecular weight excluding hydrogens is 446 g/mol. The first-order valence-corrected chi connectivity index (χ1v) is 9.86. The second-order valence-electron chi connectivity index (χ2n) is 5.74. The lowest BCUT2D eigenvalue weighted by Gasteiger charge is -2.02. The quantitative estimate of drug-likeness (QED) is 0.205. The number of hydrogen-bond acceptors (Lipinski definition) is 9. The molecule has 0 saturated carbocycles. The number of rotatable bonds is 10. The molecule has 0 fully saturated rings. The molecule has 0 aliphatic carbocycles. The zero-order valence-corrected chi connectivity index (χ0v) is 20.3. The van der Waals surface area contributed by atoms with E-state index >= 15 is 0 Å². The molecule has 34 heavy (non-hydrogen) atoms. The molecule has 0 atom stereocenters. The van der Waals surface area contributed by atoms with Crippen LogP contribution in [-0.4, -0.2) is 60.5 Å². The summed E-state index contributed by atoms with van der Waals surface area (Å²) in [5.74, 6) is -2.15. The average molecular weight is 482 g/mol. The van der Waals surface area contributed by atoms with Crippen molar-refractivity contribution in [2.24, 2.45) is 0 Å². The predicted molar refractivity (Wildman–Crippen MR) is 127 cm³/mol. The van der Waals surface area contributed by atoms with Gasteiger partial charge in [-0.2, -0.15) is 5.26 Å². The summed E-state index contributed by atoms with van der Waals surface area (Å²) in [6.07, 6.45) is 4.22. The van der Waals surface area contributed by atoms with Crippen LogP contribution in [0.25, 0.3) is 0 Å². The lowest BCUT2D eigenvalue weighted by atomic mass is 10.2. The van der Waals surface area contributed by atoms with Crippen molar-refractivity contribution >= 4 is 23.9 Å². The molecule has 0 heterocycles. The van der Waals surface area contributed by atoms with Gasteiger partial charge in [0.25, 0.3) is 0 Å². The lowest BCUT2D eigenvalue weighted by molar-refractivity contribution is -0.140. The van der Waals surface area contributed by atoms with E-state index in [-0.39, 0.29) is 42.7 Å². The summed E-state index contributed by atoms with van der Waals surface area (Å²) < 4.78 is 13.6. The highest BCUT2D eigenvalue weighted by molar-refractivity contribution is 5.88. The van der Waals surface area contributed by atoms with Crippen molar-refractivity contribution in [1.82, 2.24) is 0 Å². The fourth-order valence-corrected chi connectivity index (χ4v) is 1.03. The molecule has 10 nitrogen and oxygen atoms in total. The Morgan fingerprint density at radius 2 is 1.44 bits per heavy atom. The second kappa shape index (κ2) is 27.1. The van der Waals surface area contributed by atoms with E-state index < -0.39 is 11.9 Å². The molecule has 0 rings (SSSR count). The number of esters is 3. The first kappa shape index (κ1) is 37.4. The maximum atomic E-state index is 10.9. The number of carboxylic acid groups (broad SMARTS) is 1. The molecular formula is C24H35NO9. The van der Waals surface area contributed by atoms with Gasteiger partial charge in [0.05, 0.1) is 25.9 Å². The van der Waals surface area contributed by atoms with E-state index in [2.05, 4.69) is 40.5 Å². The normalized spacial score (nSPS) is 8.47. The molecule has 10 heteroatoms. The molecule has 0 radical (unpaired) electrons. The van der Waals surface area contributed by atoms with Crippen LogP contribution in [-0.2, 0) is 33.4 Å². The highest BCUT2D eigenvalue weighted by Crippen LogP contribution is 2.01. The maximum absolute atomic E-state index is 10.9. The number of hydrogen-bond donors (Lipinski definition) is 2. The van der Waals surface area contributed by atoms with Crippen molar-refractivity contribution in [3.05, 3.63) is 61.3 Å². The molecule has 0 aromatic carbocycles. The molecule has 0 bridgehead atoms. The zero-order valence-electron chi connectivity index (χ0n) is 20.3. The Bertz CT molecular complexity index is 747. The van der Waals surface area contributed by atoms with Crippen LogP contribution in [0.5, 0.6) is 0 Å². The fraction of sp³-hybridized carbons (Fsp3) is 0.375. The third-order valence-corrected chi connectivity index (χ3v) is 2.61. The number of nitriles is 1. The number of aliphatic carboxylic acids is 1. The van der Waals surface area contributed by atoms with Crippen molar-refractivity contribution in [1.29, 1.82) is 5.26 Å². The summed E-state index contributed by atoms with van der Waals surface area (Å²) >= 11 is 0. The Morgan fingerprint density at radius 1 is 0.941 bits per heavy atom. The Balaban J connectivity index is -0.000000186. The van der Waals surface area contributed by atoms with Crippen molar-refractivity contribution < 1.29 is 43.6 Å². The minimum absolute atomic E-state index is 0.0280. The van der Waals surface area contributed by atoms with Crippen molar-refractivity contribution in [3.8, 4) is 6.07 Å². The van der Waals surface area contributed by atoms with Gasteiger partial charge in [0.1, 0.15) is 6.61 Å². The topological polar surface area (TPSA) is 160 Å². The monoisotopic (exact) mass is 481 g/mol. The number of allylic oxidation sites excluding steroid dienone is 2. The largest absolute Gasteiger partial charge is 0.478 e. The first-order valence-electron chi connectivity index (χ1n) is 9.86. The number of carbonyl (C=O) groups excluding carboxylic acids is 3. The van der Waals surface area contributed by atoms with Crippen LogP contribution < -0.4 is 0 Å². The highest BCUT2D eigenvalue weighted by Gasteiger charge is 2.05. The molecule has 2 N–H and O–H groups in total. The van der Waals surface area contributed by atoms with E-state index in [1.54, 1.807) is 26.8 Å². The second-order valence-corrected chi connectivity index (χ2v) is 5.74. The summed E-state index contributed by atoms with van der Waals surface area (Å²) in [5.41, 5.74) is 0.891. The standard InChI is InChI=1S/C9H11NO3.C6H10O2.C5H8O2.C4H6O2/c1-8(4-2-3-5-10)9(12)13-7-6-11;1-4-8-6(7)5(2)3;1-3-5(6)7-4-2;1-3(2)4(5)6/h2-3,11H,1,4,6-7H2;2,4H2,1,3H3;3H,1,4H2,2H3;1H2,2H3,(H,5,6). The third-order valence-electron chi connectivity index (χ3n) is 2.61. The van der Waals surface area contributed by atoms with Crippen LogP contribution in [0.2, 0.25) is 0 Å². The Hall–Kier alpha value is -3.97. The number of carboxylic acids is 1. The van der Waals surface area contributed by atoms with Gasteiger partial charge in [0.15, 0.2) is 0 Å². The summed E-state index contributed by atoms with van der Waals surface area (Å²) in [5, 5.41) is 24.4. The van der Waals surface area contributed by atoms with Gasteiger partial charge < -0.3 is 24.4 Å². The molecule has 0 saturated heterocycles. The van der Waals surface area contributed by atoms with Gasteiger partial charge in [0.2, 0.25) is 0 Å². The molecule has 0 aromatic heterocycles. The lowest BCUT2D eigenvalue weighted by Crippen LogP contribution is -2.09. The molecule has 0 unspecified atom stereocenters. The third kappa shape index (κ3) is 32.7. The van der Waals surface area contributed by atoms with E-state index in [1.807, 2.05) is 0 Å². The van der Waals surface area contributed by atoms with Crippen LogP contribution in [0, 0.1) is 11.3 Å². The zero-order chi connectivity index (χ0) is 27.5. The Labute approximate surface area is 201 Å².